The number of aromatic nitrogens is 2. The molecule has 0 saturated heterocycles. The van der Waals surface area contributed by atoms with Gasteiger partial charge in [-0.1, -0.05) is 29.3 Å². The first-order chi connectivity index (χ1) is 7.62. The van der Waals surface area contributed by atoms with E-state index in [1.165, 1.54) is 16.6 Å². The number of rotatable bonds is 7. The van der Waals surface area contributed by atoms with E-state index >= 15 is 0 Å². The molecule has 5 nitrogen and oxygen atoms in total. The number of hydrogen-bond acceptors (Lipinski definition) is 3. The number of alkyl halides is 1. The summed E-state index contributed by atoms with van der Waals surface area (Å²) in [6.45, 7) is 3.06. The fraction of sp³-hybridized carbons (Fsp3) is 0.667. The van der Waals surface area contributed by atoms with Gasteiger partial charge in [0.15, 0.2) is 5.03 Å². The van der Waals surface area contributed by atoms with Gasteiger partial charge in [0.25, 0.3) is 10.0 Å². The first-order valence-electron chi connectivity index (χ1n) is 5.18. The molecule has 1 aromatic rings. The van der Waals surface area contributed by atoms with Crippen molar-refractivity contribution in [3.63, 3.8) is 0 Å². The molecule has 0 aromatic carbocycles. The zero-order valence-corrected chi connectivity index (χ0v) is 11.6. The SMILES string of the molecule is CCCCN(CCBr)S(=O)(=O)c1ccn[nH]1. The van der Waals surface area contributed by atoms with Crippen molar-refractivity contribution in [3.05, 3.63) is 12.3 Å². The van der Waals surface area contributed by atoms with Gasteiger partial charge in [-0.15, -0.1) is 0 Å². The molecule has 0 radical (unpaired) electrons. The molecule has 0 unspecified atom stereocenters. The summed E-state index contributed by atoms with van der Waals surface area (Å²) in [5.41, 5.74) is 0. The van der Waals surface area contributed by atoms with E-state index in [4.69, 9.17) is 0 Å². The lowest BCUT2D eigenvalue weighted by Crippen LogP contribution is -2.33. The van der Waals surface area contributed by atoms with Crippen LogP contribution in [0.5, 0.6) is 0 Å². The van der Waals surface area contributed by atoms with E-state index in [2.05, 4.69) is 26.1 Å². The average molecular weight is 310 g/mol. The summed E-state index contributed by atoms with van der Waals surface area (Å²) in [4.78, 5) is 0. The number of aromatic amines is 1. The second-order valence-electron chi connectivity index (χ2n) is 3.37. The van der Waals surface area contributed by atoms with Gasteiger partial charge in [-0.2, -0.15) is 9.40 Å². The molecule has 0 bridgehead atoms. The Kier molecular flexibility index (Phi) is 5.43. The largest absolute Gasteiger partial charge is 0.266 e. The minimum absolute atomic E-state index is 0.157. The molecule has 1 N–H and O–H groups in total. The van der Waals surface area contributed by atoms with Gasteiger partial charge in [-0.25, -0.2) is 8.42 Å². The maximum absolute atomic E-state index is 12.1. The minimum Gasteiger partial charge on any atom is -0.266 e. The lowest BCUT2D eigenvalue weighted by atomic mass is 10.3. The normalized spacial score (nSPS) is 12.2. The molecule has 1 heterocycles. The first-order valence-corrected chi connectivity index (χ1v) is 7.74. The van der Waals surface area contributed by atoms with Crippen LogP contribution in [-0.4, -0.2) is 41.3 Å². The van der Waals surface area contributed by atoms with E-state index < -0.39 is 10.0 Å². The van der Waals surface area contributed by atoms with Crippen molar-refractivity contribution < 1.29 is 8.42 Å². The fourth-order valence-corrected chi connectivity index (χ4v) is 3.35. The van der Waals surface area contributed by atoms with E-state index in [1.807, 2.05) is 6.92 Å². The van der Waals surface area contributed by atoms with Crippen LogP contribution in [0.4, 0.5) is 0 Å². The predicted octanol–water partition coefficient (Wildman–Crippen LogP) is 1.60. The van der Waals surface area contributed by atoms with Gasteiger partial charge < -0.3 is 0 Å². The number of unbranched alkanes of at least 4 members (excludes halogenated alkanes) is 1. The molecule has 0 spiro atoms. The van der Waals surface area contributed by atoms with E-state index in [0.717, 1.165) is 12.8 Å². The van der Waals surface area contributed by atoms with Crippen LogP contribution < -0.4 is 0 Å². The summed E-state index contributed by atoms with van der Waals surface area (Å²) in [5, 5.41) is 6.95. The number of H-pyrrole nitrogens is 1. The monoisotopic (exact) mass is 309 g/mol. The third-order valence-electron chi connectivity index (χ3n) is 2.19. The zero-order valence-electron chi connectivity index (χ0n) is 9.19. The highest BCUT2D eigenvalue weighted by Crippen LogP contribution is 2.13. The fourth-order valence-electron chi connectivity index (χ4n) is 1.31. The van der Waals surface area contributed by atoms with Crippen molar-refractivity contribution in [2.24, 2.45) is 0 Å². The van der Waals surface area contributed by atoms with Gasteiger partial charge in [0.2, 0.25) is 0 Å². The Morgan fingerprint density at radius 1 is 1.50 bits per heavy atom. The minimum atomic E-state index is -3.41. The van der Waals surface area contributed by atoms with Gasteiger partial charge in [-0.3, -0.25) is 5.10 Å². The number of nitrogens with zero attached hydrogens (tertiary/aromatic N) is 2. The molecule has 1 aromatic heterocycles. The molecule has 0 atom stereocenters. The van der Waals surface area contributed by atoms with Gasteiger partial charge in [0.05, 0.1) is 6.20 Å². The quantitative estimate of drug-likeness (QED) is 0.778. The summed E-state index contributed by atoms with van der Waals surface area (Å²) in [6.07, 6.45) is 3.27. The maximum Gasteiger partial charge on any atom is 0.259 e. The molecule has 0 aliphatic carbocycles. The van der Waals surface area contributed by atoms with Crippen LogP contribution >= 0.6 is 15.9 Å². The highest BCUT2D eigenvalue weighted by Gasteiger charge is 2.24. The van der Waals surface area contributed by atoms with Crippen molar-refractivity contribution in [1.29, 1.82) is 0 Å². The van der Waals surface area contributed by atoms with Crippen LogP contribution in [0.15, 0.2) is 17.3 Å². The molecule has 0 saturated carbocycles. The molecule has 0 aliphatic heterocycles. The lowest BCUT2D eigenvalue weighted by molar-refractivity contribution is 0.420. The molecule has 1 rings (SSSR count). The summed E-state index contributed by atoms with van der Waals surface area (Å²) in [7, 11) is -3.41. The molecule has 0 fully saturated rings. The number of hydrogen-bond donors (Lipinski definition) is 1. The second kappa shape index (κ2) is 6.36. The molecule has 0 amide bonds. The smallest absolute Gasteiger partial charge is 0.259 e. The Balaban J connectivity index is 2.84. The van der Waals surface area contributed by atoms with Crippen LogP contribution in [-0.2, 0) is 10.0 Å². The summed E-state index contributed by atoms with van der Waals surface area (Å²) in [5.74, 6) is 0. The zero-order chi connectivity index (χ0) is 12.0. The molecule has 92 valence electrons. The third-order valence-corrected chi connectivity index (χ3v) is 4.37. The molecule has 16 heavy (non-hydrogen) atoms. The van der Waals surface area contributed by atoms with E-state index in [-0.39, 0.29) is 5.03 Å². The van der Waals surface area contributed by atoms with Crippen molar-refractivity contribution in [1.82, 2.24) is 14.5 Å². The maximum atomic E-state index is 12.1. The van der Waals surface area contributed by atoms with Crippen molar-refractivity contribution in [2.75, 3.05) is 18.4 Å². The van der Waals surface area contributed by atoms with Crippen molar-refractivity contribution >= 4 is 26.0 Å². The van der Waals surface area contributed by atoms with Crippen LogP contribution in [0.1, 0.15) is 19.8 Å². The summed E-state index contributed by atoms with van der Waals surface area (Å²) >= 11 is 3.27. The Morgan fingerprint density at radius 3 is 2.75 bits per heavy atom. The Morgan fingerprint density at radius 2 is 2.25 bits per heavy atom. The molecular weight excluding hydrogens is 294 g/mol. The van der Waals surface area contributed by atoms with Crippen LogP contribution in [0, 0.1) is 0 Å². The molecule has 0 aliphatic rings. The highest BCUT2D eigenvalue weighted by atomic mass is 79.9. The summed E-state index contributed by atoms with van der Waals surface area (Å²) < 4.78 is 25.7. The Hall–Kier alpha value is -0.400. The van der Waals surface area contributed by atoms with Gasteiger partial charge >= 0.3 is 0 Å². The van der Waals surface area contributed by atoms with E-state index in [0.29, 0.717) is 18.4 Å². The predicted molar refractivity (Wildman–Crippen MR) is 66.0 cm³/mol. The van der Waals surface area contributed by atoms with Crippen molar-refractivity contribution in [2.45, 2.75) is 24.8 Å². The standard InChI is InChI=1S/C9H16BrN3O2S/c1-2-3-7-13(8-5-10)16(14,15)9-4-6-11-12-9/h4,6H,2-3,5,7-8H2,1H3,(H,11,12). The van der Waals surface area contributed by atoms with Gasteiger partial charge in [0, 0.05) is 18.4 Å². The first kappa shape index (κ1) is 13.7. The Labute approximate surface area is 104 Å². The summed E-state index contributed by atoms with van der Waals surface area (Å²) in [6, 6.07) is 1.47. The Bertz CT molecular complexity index is 391. The highest BCUT2D eigenvalue weighted by molar-refractivity contribution is 9.09. The lowest BCUT2D eigenvalue weighted by Gasteiger charge is -2.19. The van der Waals surface area contributed by atoms with E-state index in [1.54, 1.807) is 0 Å². The molecular formula is C9H16BrN3O2S. The topological polar surface area (TPSA) is 66.1 Å². The second-order valence-corrected chi connectivity index (χ2v) is 6.07. The number of halogens is 1. The number of nitrogens with one attached hydrogen (secondary N) is 1. The van der Waals surface area contributed by atoms with Gasteiger partial charge in [0.1, 0.15) is 0 Å². The van der Waals surface area contributed by atoms with E-state index in [9.17, 15) is 8.42 Å². The average Bonchev–Trinajstić information content (AvgIpc) is 2.77. The van der Waals surface area contributed by atoms with Crippen molar-refractivity contribution in [3.8, 4) is 0 Å². The molecule has 7 heteroatoms. The van der Waals surface area contributed by atoms with Crippen LogP contribution in [0.25, 0.3) is 0 Å². The van der Waals surface area contributed by atoms with Gasteiger partial charge in [-0.05, 0) is 12.5 Å². The third kappa shape index (κ3) is 3.29. The number of sulfonamides is 1. The van der Waals surface area contributed by atoms with Crippen LogP contribution in [0.3, 0.4) is 0 Å². The van der Waals surface area contributed by atoms with Crippen LogP contribution in [0.2, 0.25) is 0 Å².